The molecule has 2 nitrogen and oxygen atoms in total. The van der Waals surface area contributed by atoms with Gasteiger partial charge in [-0.15, -0.1) is 0 Å². The Hall–Kier alpha value is -0.800. The van der Waals surface area contributed by atoms with Gasteiger partial charge in [0.05, 0.1) is 0 Å². The number of aromatic amines is 1. The number of nitrogens with one attached hydrogen (secondary N) is 1. The first-order valence-corrected chi connectivity index (χ1v) is 6.08. The van der Waals surface area contributed by atoms with Gasteiger partial charge in [0.2, 0.25) is 0 Å². The van der Waals surface area contributed by atoms with E-state index in [0.717, 1.165) is 28.2 Å². The Morgan fingerprint density at radius 1 is 1.33 bits per heavy atom. The van der Waals surface area contributed by atoms with Crippen LogP contribution in [-0.2, 0) is 6.42 Å². The largest absolute Gasteiger partial charge is 0.322 e. The highest BCUT2D eigenvalue weighted by atomic mass is 79.9. The lowest BCUT2D eigenvalue weighted by Gasteiger charge is -2.01. The third-order valence-corrected chi connectivity index (χ3v) is 2.88. The summed E-state index contributed by atoms with van der Waals surface area (Å²) in [5.74, 6) is 0. The van der Waals surface area contributed by atoms with Crippen molar-refractivity contribution in [2.45, 2.75) is 6.42 Å². The fourth-order valence-corrected chi connectivity index (χ4v) is 2.11. The minimum Gasteiger partial charge on any atom is -0.322 e. The molecule has 0 spiro atoms. The normalized spacial score (nSPS) is 10.8. The highest BCUT2D eigenvalue weighted by Gasteiger charge is 2.02. The molecule has 0 radical (unpaired) electrons. The van der Waals surface area contributed by atoms with E-state index in [2.05, 4.69) is 20.9 Å². The van der Waals surface area contributed by atoms with E-state index in [1.165, 1.54) is 0 Å². The van der Waals surface area contributed by atoms with Gasteiger partial charge in [-0.3, -0.25) is 4.79 Å². The molecule has 1 N–H and O–H groups in total. The lowest BCUT2D eigenvalue weighted by molar-refractivity contribution is 1.10. The van der Waals surface area contributed by atoms with Crippen LogP contribution in [0.5, 0.6) is 0 Å². The van der Waals surface area contributed by atoms with Gasteiger partial charge in [0, 0.05) is 21.4 Å². The molecule has 0 aliphatic rings. The standard InChI is InChI=1S/C11H9BrClNO/c12-4-3-8-5-7-1-2-9(13)6-10(7)14-11(8)15/h1-2,5-6H,3-4H2,(H,14,15). The average molecular weight is 287 g/mol. The number of fused-ring (bicyclic) bond motifs is 1. The molecule has 0 unspecified atom stereocenters. The molecule has 0 aliphatic heterocycles. The van der Waals surface area contributed by atoms with Crippen LogP contribution in [-0.4, -0.2) is 10.3 Å². The van der Waals surface area contributed by atoms with Crippen LogP contribution in [0.3, 0.4) is 0 Å². The predicted molar refractivity (Wildman–Crippen MR) is 67.1 cm³/mol. The average Bonchev–Trinajstić information content (AvgIpc) is 2.20. The van der Waals surface area contributed by atoms with E-state index in [-0.39, 0.29) is 5.56 Å². The SMILES string of the molecule is O=c1[nH]c2cc(Cl)ccc2cc1CCBr. The lowest BCUT2D eigenvalue weighted by Crippen LogP contribution is -2.12. The number of hydrogen-bond donors (Lipinski definition) is 1. The van der Waals surface area contributed by atoms with E-state index in [1.807, 2.05) is 18.2 Å². The van der Waals surface area contributed by atoms with E-state index in [1.54, 1.807) is 6.07 Å². The third-order valence-electron chi connectivity index (χ3n) is 2.25. The quantitative estimate of drug-likeness (QED) is 0.845. The molecular formula is C11H9BrClNO. The van der Waals surface area contributed by atoms with Crippen LogP contribution >= 0.6 is 27.5 Å². The highest BCUT2D eigenvalue weighted by molar-refractivity contribution is 9.09. The molecule has 4 heteroatoms. The summed E-state index contributed by atoms with van der Waals surface area (Å²) in [5, 5.41) is 2.43. The Morgan fingerprint density at radius 3 is 2.87 bits per heavy atom. The van der Waals surface area contributed by atoms with E-state index in [9.17, 15) is 4.79 Å². The number of aryl methyl sites for hydroxylation is 1. The number of benzene rings is 1. The van der Waals surface area contributed by atoms with Gasteiger partial charge in [0.1, 0.15) is 0 Å². The summed E-state index contributed by atoms with van der Waals surface area (Å²) >= 11 is 9.16. The van der Waals surface area contributed by atoms with E-state index in [4.69, 9.17) is 11.6 Å². The van der Waals surface area contributed by atoms with Gasteiger partial charge in [0.25, 0.3) is 5.56 Å². The molecule has 2 rings (SSSR count). The fourth-order valence-electron chi connectivity index (χ4n) is 1.51. The van der Waals surface area contributed by atoms with E-state index >= 15 is 0 Å². The summed E-state index contributed by atoms with van der Waals surface area (Å²) in [7, 11) is 0. The first-order chi connectivity index (χ1) is 7.20. The summed E-state index contributed by atoms with van der Waals surface area (Å²) in [5.41, 5.74) is 1.54. The number of alkyl halides is 1. The van der Waals surface area contributed by atoms with Crippen LogP contribution in [0.1, 0.15) is 5.56 Å². The zero-order valence-electron chi connectivity index (χ0n) is 7.89. The van der Waals surface area contributed by atoms with Crippen LogP contribution < -0.4 is 5.56 Å². The zero-order valence-corrected chi connectivity index (χ0v) is 10.2. The number of aromatic nitrogens is 1. The number of H-pyrrole nitrogens is 1. The van der Waals surface area contributed by atoms with Gasteiger partial charge in [-0.2, -0.15) is 0 Å². The Balaban J connectivity index is 2.65. The first-order valence-electron chi connectivity index (χ1n) is 4.58. The van der Waals surface area contributed by atoms with Crippen molar-refractivity contribution in [1.82, 2.24) is 4.98 Å². The second kappa shape index (κ2) is 4.37. The smallest absolute Gasteiger partial charge is 0.251 e. The molecule has 1 aromatic carbocycles. The maximum atomic E-state index is 11.6. The van der Waals surface area contributed by atoms with Crippen LogP contribution in [0.25, 0.3) is 10.9 Å². The van der Waals surface area contributed by atoms with Crippen molar-refractivity contribution < 1.29 is 0 Å². The molecule has 1 aromatic heterocycles. The van der Waals surface area contributed by atoms with Crippen LogP contribution in [0, 0.1) is 0 Å². The molecule has 0 bridgehead atoms. The second-order valence-electron chi connectivity index (χ2n) is 3.29. The topological polar surface area (TPSA) is 32.9 Å². The molecule has 0 saturated heterocycles. The number of pyridine rings is 1. The molecule has 78 valence electrons. The maximum absolute atomic E-state index is 11.6. The number of halogens is 2. The monoisotopic (exact) mass is 285 g/mol. The highest BCUT2D eigenvalue weighted by Crippen LogP contribution is 2.17. The number of rotatable bonds is 2. The lowest BCUT2D eigenvalue weighted by atomic mass is 10.1. The van der Waals surface area contributed by atoms with Crippen LogP contribution in [0.15, 0.2) is 29.1 Å². The Labute approximate surface area is 100 Å². The van der Waals surface area contributed by atoms with Gasteiger partial charge in [0.15, 0.2) is 0 Å². The summed E-state index contributed by atoms with van der Waals surface area (Å²) < 4.78 is 0. The molecule has 0 aliphatic carbocycles. The Morgan fingerprint density at radius 2 is 2.13 bits per heavy atom. The summed E-state index contributed by atoms with van der Waals surface area (Å²) in [6.45, 7) is 0. The van der Waals surface area contributed by atoms with Crippen molar-refractivity contribution >= 4 is 38.4 Å². The van der Waals surface area contributed by atoms with Gasteiger partial charge in [-0.05, 0) is 30.0 Å². The molecule has 0 atom stereocenters. The van der Waals surface area contributed by atoms with Crippen molar-refractivity contribution in [2.24, 2.45) is 0 Å². The predicted octanol–water partition coefficient (Wildman–Crippen LogP) is 3.12. The van der Waals surface area contributed by atoms with E-state index in [0.29, 0.717) is 5.02 Å². The fraction of sp³-hybridized carbons (Fsp3) is 0.182. The Kier molecular flexibility index (Phi) is 3.12. The molecular weight excluding hydrogens is 277 g/mol. The minimum atomic E-state index is -0.0378. The molecule has 0 saturated carbocycles. The Bertz CT molecular complexity index is 550. The molecule has 1 heterocycles. The third kappa shape index (κ3) is 2.24. The zero-order chi connectivity index (χ0) is 10.8. The number of hydrogen-bond acceptors (Lipinski definition) is 1. The van der Waals surface area contributed by atoms with E-state index < -0.39 is 0 Å². The van der Waals surface area contributed by atoms with Gasteiger partial charge < -0.3 is 4.98 Å². The molecule has 0 amide bonds. The van der Waals surface area contributed by atoms with Gasteiger partial charge in [-0.25, -0.2) is 0 Å². The van der Waals surface area contributed by atoms with Crippen LogP contribution in [0.2, 0.25) is 5.02 Å². The van der Waals surface area contributed by atoms with Crippen molar-refractivity contribution in [1.29, 1.82) is 0 Å². The molecule has 15 heavy (non-hydrogen) atoms. The van der Waals surface area contributed by atoms with Crippen molar-refractivity contribution in [3.8, 4) is 0 Å². The second-order valence-corrected chi connectivity index (χ2v) is 4.52. The molecule has 2 aromatic rings. The van der Waals surface area contributed by atoms with Crippen molar-refractivity contribution in [3.05, 3.63) is 45.2 Å². The van der Waals surface area contributed by atoms with Gasteiger partial charge in [-0.1, -0.05) is 33.6 Å². The summed E-state index contributed by atoms with van der Waals surface area (Å²) in [4.78, 5) is 14.4. The molecule has 0 fully saturated rings. The minimum absolute atomic E-state index is 0.0378. The first kappa shape index (κ1) is 10.7. The maximum Gasteiger partial charge on any atom is 0.251 e. The van der Waals surface area contributed by atoms with Crippen LogP contribution in [0.4, 0.5) is 0 Å². The summed E-state index contributed by atoms with van der Waals surface area (Å²) in [6, 6.07) is 7.40. The van der Waals surface area contributed by atoms with Crippen molar-refractivity contribution in [2.75, 3.05) is 5.33 Å². The van der Waals surface area contributed by atoms with Gasteiger partial charge >= 0.3 is 0 Å². The summed E-state index contributed by atoms with van der Waals surface area (Å²) in [6.07, 6.45) is 0.730. The van der Waals surface area contributed by atoms with Crippen molar-refractivity contribution in [3.63, 3.8) is 0 Å².